The number of aliphatic hydroxyl groups excluding tert-OH is 3. The first-order valence-corrected chi connectivity index (χ1v) is 19.0. The molecule has 0 bridgehead atoms. The largest absolute Gasteiger partial charge is 0.550 e. The Bertz CT molecular complexity index is 1010. The summed E-state index contributed by atoms with van der Waals surface area (Å²) in [7, 11) is 3.28. The summed E-state index contributed by atoms with van der Waals surface area (Å²) >= 11 is 0. The monoisotopic (exact) mass is 684 g/mol. The second kappa shape index (κ2) is 17.5. The number of carbonyl (C=O) groups excluding carboxylic acids is 1. The molecule has 278 valence electrons. The lowest BCUT2D eigenvalue weighted by Crippen LogP contribution is -3.00. The zero-order valence-corrected chi connectivity index (χ0v) is 29.6. The zero-order chi connectivity index (χ0) is 34.4. The lowest BCUT2D eigenvalue weighted by atomic mass is 9.64. The molecule has 0 aromatic rings. The van der Waals surface area contributed by atoms with Gasteiger partial charge in [-0.1, -0.05) is 0 Å². The molecule has 0 aromatic heterocycles. The number of aliphatic carboxylic acids is 1. The van der Waals surface area contributed by atoms with Crippen LogP contribution in [0.4, 0.5) is 0 Å². The van der Waals surface area contributed by atoms with Crippen molar-refractivity contribution in [1.29, 1.82) is 0 Å². The van der Waals surface area contributed by atoms with Crippen molar-refractivity contribution in [3.63, 3.8) is 0 Å². The van der Waals surface area contributed by atoms with Crippen LogP contribution in [0, 0.1) is 23.2 Å². The van der Waals surface area contributed by atoms with E-state index in [-0.39, 0.29) is 42.9 Å². The molecule has 15 unspecified atom stereocenters. The Hall–Kier alpha value is -0.930. The first kappa shape index (κ1) is 38.3. The van der Waals surface area contributed by atoms with Crippen LogP contribution in [0.3, 0.4) is 0 Å². The highest BCUT2D eigenvalue weighted by molar-refractivity contribution is 5.65. The number of piperidine rings is 2. The lowest BCUT2D eigenvalue weighted by molar-refractivity contribution is -0.744. The fraction of sp³-hybridized carbons (Fsp3) is 0.972. The van der Waals surface area contributed by atoms with Crippen LogP contribution < -0.4 is 21.5 Å². The van der Waals surface area contributed by atoms with Gasteiger partial charge >= 0.3 is 0 Å². The van der Waals surface area contributed by atoms with Crippen molar-refractivity contribution in [3.8, 4) is 0 Å². The lowest BCUT2D eigenvalue weighted by Gasteiger charge is -2.48. The van der Waals surface area contributed by atoms with Crippen molar-refractivity contribution in [1.82, 2.24) is 0 Å². The number of ether oxygens (including phenoxy) is 4. The molecule has 0 aromatic carbocycles. The molecular weight excluding hydrogens is 618 g/mol. The van der Waals surface area contributed by atoms with Crippen LogP contribution in [-0.4, -0.2) is 116 Å². The summed E-state index contributed by atoms with van der Waals surface area (Å²) in [6.07, 6.45) is 8.37. The van der Waals surface area contributed by atoms with E-state index in [4.69, 9.17) is 24.7 Å². The van der Waals surface area contributed by atoms with Crippen LogP contribution in [0.25, 0.3) is 0 Å². The number of hydrogen-bond donors (Lipinski definition) is 6. The molecule has 5 rings (SSSR count). The van der Waals surface area contributed by atoms with E-state index in [2.05, 4.69) is 17.6 Å². The minimum atomic E-state index is -1.02. The number of carboxylic acids is 1. The Balaban J connectivity index is 1.23. The first-order valence-electron chi connectivity index (χ1n) is 19.0. The predicted molar refractivity (Wildman–Crippen MR) is 175 cm³/mol. The molecular formula is C36H66N3O9+. The molecule has 5 fully saturated rings. The summed E-state index contributed by atoms with van der Waals surface area (Å²) in [6.45, 7) is 3.48. The molecule has 0 spiro atoms. The smallest absolute Gasteiger partial charge is 0.137 e. The van der Waals surface area contributed by atoms with Gasteiger partial charge in [-0.25, -0.2) is 0 Å². The van der Waals surface area contributed by atoms with Crippen LogP contribution in [0.5, 0.6) is 0 Å². The third-order valence-corrected chi connectivity index (χ3v) is 12.9. The number of nitrogens with two attached hydrogens (primary N) is 3. The molecule has 2 saturated carbocycles. The maximum absolute atomic E-state index is 12.2. The fourth-order valence-electron chi connectivity index (χ4n) is 10.2. The van der Waals surface area contributed by atoms with Crippen LogP contribution in [-0.2, 0) is 23.7 Å². The molecule has 2 aliphatic carbocycles. The van der Waals surface area contributed by atoms with Gasteiger partial charge in [-0.3, -0.25) is 5.73 Å². The maximum atomic E-state index is 12.2. The van der Waals surface area contributed by atoms with Gasteiger partial charge < -0.3 is 54.8 Å². The van der Waals surface area contributed by atoms with Crippen molar-refractivity contribution in [2.75, 3.05) is 27.4 Å². The van der Waals surface area contributed by atoms with Gasteiger partial charge in [-0.2, -0.15) is 0 Å². The van der Waals surface area contributed by atoms with E-state index in [0.717, 1.165) is 70.8 Å². The molecule has 15 atom stereocenters. The van der Waals surface area contributed by atoms with Crippen molar-refractivity contribution >= 4 is 5.97 Å². The molecule has 3 aliphatic heterocycles. The summed E-state index contributed by atoms with van der Waals surface area (Å²) in [5.74, 6) is -0.138. The molecule has 48 heavy (non-hydrogen) atoms. The van der Waals surface area contributed by atoms with Gasteiger partial charge in [-0.05, 0) is 115 Å². The van der Waals surface area contributed by atoms with Crippen molar-refractivity contribution in [3.05, 3.63) is 0 Å². The molecule has 9 N–H and O–H groups in total. The maximum Gasteiger partial charge on any atom is 0.137 e. The summed E-state index contributed by atoms with van der Waals surface area (Å²) in [5, 5.41) is 49.2. The minimum absolute atomic E-state index is 0.000997. The van der Waals surface area contributed by atoms with Gasteiger partial charge in [0.1, 0.15) is 18.3 Å². The quantitative estimate of drug-likeness (QED) is 0.139. The van der Waals surface area contributed by atoms with E-state index in [1.165, 1.54) is 0 Å². The van der Waals surface area contributed by atoms with Gasteiger partial charge in [-0.15, -0.1) is 0 Å². The summed E-state index contributed by atoms with van der Waals surface area (Å²) in [6, 6.07) is 0.268. The van der Waals surface area contributed by atoms with Gasteiger partial charge in [0.25, 0.3) is 0 Å². The minimum Gasteiger partial charge on any atom is -0.550 e. The Morgan fingerprint density at radius 1 is 0.938 bits per heavy atom. The normalized spacial score (nSPS) is 45.9. The molecule has 0 radical (unpaired) electrons. The topological polar surface area (TPSA) is 197 Å². The number of aliphatic hydroxyl groups is 3. The Morgan fingerprint density at radius 2 is 1.71 bits per heavy atom. The Kier molecular flexibility index (Phi) is 14.0. The second-order valence-electron chi connectivity index (χ2n) is 16.4. The third-order valence-electron chi connectivity index (χ3n) is 12.9. The highest BCUT2D eigenvalue weighted by atomic mass is 16.5. The van der Waals surface area contributed by atoms with E-state index in [1.54, 1.807) is 14.2 Å². The summed E-state index contributed by atoms with van der Waals surface area (Å²) < 4.78 is 24.6. The molecule has 12 nitrogen and oxygen atoms in total. The number of methoxy groups -OCH3 is 2. The molecule has 12 heteroatoms. The van der Waals surface area contributed by atoms with Crippen LogP contribution >= 0.6 is 0 Å². The Morgan fingerprint density at radius 3 is 2.44 bits per heavy atom. The van der Waals surface area contributed by atoms with E-state index in [0.29, 0.717) is 50.2 Å². The Labute approximate surface area is 287 Å². The second-order valence-corrected chi connectivity index (χ2v) is 16.4. The summed E-state index contributed by atoms with van der Waals surface area (Å²) in [5.41, 5.74) is 5.83. The highest BCUT2D eigenvalue weighted by Gasteiger charge is 2.49. The van der Waals surface area contributed by atoms with Crippen molar-refractivity contribution < 1.29 is 54.8 Å². The number of quaternary nitrogens is 2. The van der Waals surface area contributed by atoms with Gasteiger partial charge in [0.15, 0.2) is 0 Å². The number of carboxylic acid groups (broad SMARTS) is 1. The molecule has 3 heterocycles. The van der Waals surface area contributed by atoms with E-state index in [1.807, 2.05) is 0 Å². The fourth-order valence-corrected chi connectivity index (χ4v) is 10.2. The number of carbonyl (C=O) groups is 1. The van der Waals surface area contributed by atoms with Crippen molar-refractivity contribution in [2.24, 2.45) is 28.9 Å². The van der Waals surface area contributed by atoms with Crippen LogP contribution in [0.2, 0.25) is 0 Å². The number of rotatable bonds is 13. The van der Waals surface area contributed by atoms with Crippen LogP contribution in [0.1, 0.15) is 103 Å². The van der Waals surface area contributed by atoms with Crippen molar-refractivity contribution in [2.45, 2.75) is 170 Å². The van der Waals surface area contributed by atoms with E-state index in [9.17, 15) is 25.2 Å². The SMILES string of the molecule is COC1CC(CCC2CC(O)CC(C3CC(OC)C(O)C(OCC4[NH2+]C(C)CCC4(CC(=O)[O-])CC4CC[NH2+]C(N)C4)C3)O2)CCC1O. The highest BCUT2D eigenvalue weighted by Crippen LogP contribution is 2.43. The predicted octanol–water partition coefficient (Wildman–Crippen LogP) is -1.09. The average molecular weight is 685 g/mol. The molecule has 0 amide bonds. The van der Waals surface area contributed by atoms with Gasteiger partial charge in [0.05, 0.1) is 61.9 Å². The molecule has 5 aliphatic rings. The zero-order valence-electron chi connectivity index (χ0n) is 29.6. The van der Waals surface area contributed by atoms with Gasteiger partial charge in [0.2, 0.25) is 0 Å². The van der Waals surface area contributed by atoms with Crippen LogP contribution in [0.15, 0.2) is 0 Å². The number of hydrogen-bond acceptors (Lipinski definition) is 10. The van der Waals surface area contributed by atoms with Gasteiger partial charge in [0, 0.05) is 32.0 Å². The summed E-state index contributed by atoms with van der Waals surface area (Å²) in [4.78, 5) is 12.2. The molecule has 3 saturated heterocycles. The first-order chi connectivity index (χ1) is 23.0. The third kappa shape index (κ3) is 9.89. The standard InChI is InChI=1S/C36H65N3O9/c1-21-8-10-36(19-34(42)43,18-23-9-11-38-33(37)13-23)32(39-21)20-47-31-15-24(14-30(46-3)35(31)44)28-17-25(40)16-26(48-28)6-4-22-5-7-27(41)29(12-22)45-2/h21-33,35,38-41,44H,4-20,37H2,1-3H3,(H,42,43)/p+1. The van der Waals surface area contributed by atoms with E-state index >= 15 is 0 Å². The van der Waals surface area contributed by atoms with E-state index < -0.39 is 41.9 Å². The average Bonchev–Trinajstić information content (AvgIpc) is 3.05.